The first kappa shape index (κ1) is 17.8. The lowest BCUT2D eigenvalue weighted by Crippen LogP contribution is -2.14. The molecule has 2 rings (SSSR count). The third-order valence-corrected chi connectivity index (χ3v) is 4.79. The molecule has 120 valence electrons. The van der Waals surface area contributed by atoms with E-state index in [-0.39, 0.29) is 22.5 Å². The normalized spacial score (nSPS) is 10.4. The molecule has 1 N–H and O–H groups in total. The van der Waals surface area contributed by atoms with Gasteiger partial charge in [0, 0.05) is 10.5 Å². The minimum absolute atomic E-state index is 0.000813. The van der Waals surface area contributed by atoms with Crippen LogP contribution in [-0.2, 0) is 4.79 Å². The summed E-state index contributed by atoms with van der Waals surface area (Å²) in [4.78, 5) is 23.4. The summed E-state index contributed by atoms with van der Waals surface area (Å²) in [5, 5.41) is 3.21. The van der Waals surface area contributed by atoms with E-state index in [1.807, 2.05) is 0 Å². The van der Waals surface area contributed by atoms with Crippen LogP contribution in [0.3, 0.4) is 0 Å². The Bertz CT molecular complexity index is 768. The summed E-state index contributed by atoms with van der Waals surface area (Å²) in [5.74, 6) is -1.08. The first-order valence-electron chi connectivity index (χ1n) is 6.55. The van der Waals surface area contributed by atoms with Crippen LogP contribution in [0.4, 0.5) is 10.1 Å². The van der Waals surface area contributed by atoms with Crippen molar-refractivity contribution in [3.8, 4) is 0 Å². The fourth-order valence-corrected chi connectivity index (χ4v) is 2.83. The second kappa shape index (κ2) is 7.81. The van der Waals surface area contributed by atoms with Crippen molar-refractivity contribution in [3.05, 3.63) is 57.8 Å². The molecule has 0 atom stereocenters. The number of Topliss-reactive ketones (excluding diaryl/α,β-unsaturated/α-hetero) is 1. The Morgan fingerprint density at radius 1 is 1.22 bits per heavy atom. The predicted octanol–water partition coefficient (Wildman–Crippen LogP) is 5.07. The number of thioether (sulfide) groups is 1. The van der Waals surface area contributed by atoms with Gasteiger partial charge in [-0.25, -0.2) is 4.39 Å². The Morgan fingerprint density at radius 3 is 2.61 bits per heavy atom. The quantitative estimate of drug-likeness (QED) is 0.589. The number of carbonyl (C=O) groups excluding carboxylic acids is 2. The van der Waals surface area contributed by atoms with Crippen molar-refractivity contribution in [2.24, 2.45) is 0 Å². The second-order valence-corrected chi connectivity index (χ2v) is 6.44. The lowest BCUT2D eigenvalue weighted by atomic mass is 10.1. The summed E-state index contributed by atoms with van der Waals surface area (Å²) in [7, 11) is 0. The summed E-state index contributed by atoms with van der Waals surface area (Å²) in [6.07, 6.45) is 0. The van der Waals surface area contributed by atoms with Gasteiger partial charge in [-0.1, -0.05) is 35.3 Å². The van der Waals surface area contributed by atoms with E-state index >= 15 is 0 Å². The van der Waals surface area contributed by atoms with Crippen molar-refractivity contribution >= 4 is 52.3 Å². The van der Waals surface area contributed by atoms with Gasteiger partial charge in [-0.3, -0.25) is 9.59 Å². The van der Waals surface area contributed by atoms with Crippen LogP contribution in [0, 0.1) is 5.82 Å². The maximum absolute atomic E-state index is 13.9. The number of benzene rings is 2. The van der Waals surface area contributed by atoms with Crippen LogP contribution in [0.25, 0.3) is 0 Å². The van der Waals surface area contributed by atoms with E-state index in [0.717, 1.165) is 17.8 Å². The lowest BCUT2D eigenvalue weighted by molar-refractivity contribution is -0.113. The lowest BCUT2D eigenvalue weighted by Gasteiger charge is -2.08. The first-order valence-corrected chi connectivity index (χ1v) is 8.30. The third kappa shape index (κ3) is 4.70. The van der Waals surface area contributed by atoms with Crippen LogP contribution in [0.15, 0.2) is 41.3 Å². The summed E-state index contributed by atoms with van der Waals surface area (Å²) < 4.78 is 13.9. The number of nitrogens with one attached hydrogen (secondary N) is 1. The zero-order valence-electron chi connectivity index (χ0n) is 12.0. The second-order valence-electron chi connectivity index (χ2n) is 4.64. The molecular weight excluding hydrogens is 360 g/mol. The van der Waals surface area contributed by atoms with E-state index in [4.69, 9.17) is 23.2 Å². The predicted molar refractivity (Wildman–Crippen MR) is 92.2 cm³/mol. The molecule has 0 saturated carbocycles. The van der Waals surface area contributed by atoms with Gasteiger partial charge in [0.1, 0.15) is 5.82 Å². The molecule has 2 aromatic rings. The molecule has 0 saturated heterocycles. The Morgan fingerprint density at radius 2 is 1.96 bits per heavy atom. The van der Waals surface area contributed by atoms with Gasteiger partial charge in [0.2, 0.25) is 5.91 Å². The Kier molecular flexibility index (Phi) is 6.04. The van der Waals surface area contributed by atoms with E-state index < -0.39 is 5.82 Å². The van der Waals surface area contributed by atoms with Crippen LogP contribution in [0.2, 0.25) is 10.0 Å². The number of carbonyl (C=O) groups is 2. The van der Waals surface area contributed by atoms with E-state index in [1.54, 1.807) is 18.2 Å². The van der Waals surface area contributed by atoms with Crippen LogP contribution in [0.1, 0.15) is 17.3 Å². The number of amides is 1. The van der Waals surface area contributed by atoms with Gasteiger partial charge < -0.3 is 5.32 Å². The largest absolute Gasteiger partial charge is 0.324 e. The van der Waals surface area contributed by atoms with Crippen LogP contribution in [-0.4, -0.2) is 17.4 Å². The molecule has 2 aromatic carbocycles. The Hall–Kier alpha value is -1.56. The number of hydrogen-bond acceptors (Lipinski definition) is 3. The number of anilines is 1. The van der Waals surface area contributed by atoms with Gasteiger partial charge in [0.25, 0.3) is 0 Å². The number of rotatable bonds is 5. The Labute approximate surface area is 147 Å². The van der Waals surface area contributed by atoms with Crippen LogP contribution < -0.4 is 5.32 Å². The molecule has 0 aliphatic carbocycles. The molecule has 0 unspecified atom stereocenters. The van der Waals surface area contributed by atoms with Crippen molar-refractivity contribution in [1.82, 2.24) is 0 Å². The van der Waals surface area contributed by atoms with Crippen molar-refractivity contribution in [3.63, 3.8) is 0 Å². The average Bonchev–Trinajstić information content (AvgIpc) is 2.50. The minimum Gasteiger partial charge on any atom is -0.324 e. The molecule has 0 spiro atoms. The average molecular weight is 372 g/mol. The Balaban J connectivity index is 1.99. The van der Waals surface area contributed by atoms with E-state index in [9.17, 15) is 14.0 Å². The maximum atomic E-state index is 13.9. The fourth-order valence-electron chi connectivity index (χ4n) is 1.77. The fraction of sp³-hybridized carbons (Fsp3) is 0.125. The van der Waals surface area contributed by atoms with Crippen molar-refractivity contribution in [1.29, 1.82) is 0 Å². The zero-order chi connectivity index (χ0) is 17.0. The summed E-state index contributed by atoms with van der Waals surface area (Å²) >= 11 is 12.9. The molecule has 0 heterocycles. The van der Waals surface area contributed by atoms with E-state index in [0.29, 0.717) is 21.2 Å². The van der Waals surface area contributed by atoms with Crippen molar-refractivity contribution < 1.29 is 14.0 Å². The topological polar surface area (TPSA) is 46.2 Å². The third-order valence-electron chi connectivity index (χ3n) is 2.92. The molecule has 7 heteroatoms. The van der Waals surface area contributed by atoms with Crippen LogP contribution >= 0.6 is 35.0 Å². The monoisotopic (exact) mass is 371 g/mol. The standard InChI is InChI=1S/C16H12Cl2FNO2S/c1-9(21)10-5-6-14(12(19)7-10)23-8-15(22)20-13-4-2-3-11(17)16(13)18/h2-7H,8H2,1H3,(H,20,22). The zero-order valence-corrected chi connectivity index (χ0v) is 14.4. The molecular formula is C16H12Cl2FNO2S. The molecule has 0 aromatic heterocycles. The summed E-state index contributed by atoms with van der Waals surface area (Å²) in [6.45, 7) is 1.36. The van der Waals surface area contributed by atoms with Crippen molar-refractivity contribution in [2.75, 3.05) is 11.1 Å². The SMILES string of the molecule is CC(=O)c1ccc(SCC(=O)Nc2cccc(Cl)c2Cl)c(F)c1. The molecule has 0 radical (unpaired) electrons. The highest BCUT2D eigenvalue weighted by Crippen LogP contribution is 2.30. The molecule has 3 nitrogen and oxygen atoms in total. The highest BCUT2D eigenvalue weighted by molar-refractivity contribution is 8.00. The van der Waals surface area contributed by atoms with Crippen molar-refractivity contribution in [2.45, 2.75) is 11.8 Å². The number of halogens is 3. The summed E-state index contributed by atoms with van der Waals surface area (Å²) in [6, 6.07) is 9.07. The highest BCUT2D eigenvalue weighted by Gasteiger charge is 2.11. The molecule has 0 fully saturated rings. The first-order chi connectivity index (χ1) is 10.9. The molecule has 23 heavy (non-hydrogen) atoms. The number of ketones is 1. The molecule has 1 amide bonds. The van der Waals surface area contributed by atoms with E-state index in [1.165, 1.54) is 19.1 Å². The van der Waals surface area contributed by atoms with Gasteiger partial charge in [-0.2, -0.15) is 0 Å². The van der Waals surface area contributed by atoms with Crippen LogP contribution in [0.5, 0.6) is 0 Å². The molecule has 0 aliphatic rings. The maximum Gasteiger partial charge on any atom is 0.234 e. The molecule has 0 bridgehead atoms. The summed E-state index contributed by atoms with van der Waals surface area (Å²) in [5.41, 5.74) is 0.694. The number of hydrogen-bond donors (Lipinski definition) is 1. The molecule has 0 aliphatic heterocycles. The van der Waals surface area contributed by atoms with Gasteiger partial charge in [0.15, 0.2) is 5.78 Å². The van der Waals surface area contributed by atoms with Gasteiger partial charge in [-0.15, -0.1) is 11.8 Å². The highest BCUT2D eigenvalue weighted by atomic mass is 35.5. The van der Waals surface area contributed by atoms with Gasteiger partial charge in [-0.05, 0) is 31.2 Å². The van der Waals surface area contributed by atoms with Gasteiger partial charge in [0.05, 0.1) is 21.5 Å². The van der Waals surface area contributed by atoms with Gasteiger partial charge >= 0.3 is 0 Å². The van der Waals surface area contributed by atoms with E-state index in [2.05, 4.69) is 5.32 Å². The smallest absolute Gasteiger partial charge is 0.234 e. The minimum atomic E-state index is -0.531.